The van der Waals surface area contributed by atoms with Crippen molar-refractivity contribution in [2.24, 2.45) is 0 Å². The highest BCUT2D eigenvalue weighted by Gasteiger charge is 2.17. The van der Waals surface area contributed by atoms with E-state index in [9.17, 15) is 23.3 Å². The number of halogens is 1. The average molecular weight is 446 g/mol. The highest BCUT2D eigenvalue weighted by Crippen LogP contribution is 2.24. The zero-order valence-corrected chi connectivity index (χ0v) is 17.2. The summed E-state index contributed by atoms with van der Waals surface area (Å²) in [4.78, 5) is 22.7. The van der Waals surface area contributed by atoms with E-state index in [4.69, 9.17) is 11.6 Å². The van der Waals surface area contributed by atoms with Crippen LogP contribution < -0.4 is 10.0 Å². The molecule has 0 aliphatic rings. The molecule has 0 bridgehead atoms. The van der Waals surface area contributed by atoms with Gasteiger partial charge in [-0.05, 0) is 49.4 Å². The molecular weight excluding hydrogens is 430 g/mol. The Morgan fingerprint density at radius 1 is 0.967 bits per heavy atom. The van der Waals surface area contributed by atoms with Crippen molar-refractivity contribution >= 4 is 44.6 Å². The summed E-state index contributed by atoms with van der Waals surface area (Å²) in [5.74, 6) is -0.655. The van der Waals surface area contributed by atoms with Crippen molar-refractivity contribution in [1.29, 1.82) is 0 Å². The number of benzene rings is 3. The summed E-state index contributed by atoms with van der Waals surface area (Å²) in [5, 5.41) is 13.5. The van der Waals surface area contributed by atoms with Crippen LogP contribution in [0.2, 0.25) is 5.02 Å². The molecule has 8 nitrogen and oxygen atoms in total. The van der Waals surface area contributed by atoms with Gasteiger partial charge in [-0.25, -0.2) is 8.42 Å². The smallest absolute Gasteiger partial charge is 0.270 e. The number of amides is 1. The Morgan fingerprint density at radius 3 is 2.17 bits per heavy atom. The zero-order valence-electron chi connectivity index (χ0n) is 15.6. The number of nitro benzene ring substituents is 1. The summed E-state index contributed by atoms with van der Waals surface area (Å²) < 4.78 is 27.5. The summed E-state index contributed by atoms with van der Waals surface area (Å²) in [6, 6.07) is 15.9. The minimum atomic E-state index is -3.80. The van der Waals surface area contributed by atoms with Crippen LogP contribution in [0.15, 0.2) is 71.6 Å². The van der Waals surface area contributed by atoms with E-state index in [-0.39, 0.29) is 21.2 Å². The first-order chi connectivity index (χ1) is 14.2. The minimum absolute atomic E-state index is 0.00875. The molecule has 0 spiro atoms. The largest absolute Gasteiger partial charge is 0.322 e. The first-order valence-corrected chi connectivity index (χ1v) is 10.5. The van der Waals surface area contributed by atoms with Crippen LogP contribution in [-0.2, 0) is 10.0 Å². The van der Waals surface area contributed by atoms with Gasteiger partial charge in [-0.2, -0.15) is 0 Å². The topological polar surface area (TPSA) is 118 Å². The van der Waals surface area contributed by atoms with Crippen molar-refractivity contribution < 1.29 is 18.1 Å². The molecule has 0 radical (unpaired) electrons. The molecule has 0 fully saturated rings. The Kier molecular flexibility index (Phi) is 6.04. The Hall–Kier alpha value is -3.43. The third-order valence-electron chi connectivity index (χ3n) is 4.13. The van der Waals surface area contributed by atoms with Crippen molar-refractivity contribution in [2.75, 3.05) is 10.0 Å². The van der Waals surface area contributed by atoms with Crippen LogP contribution in [-0.4, -0.2) is 19.2 Å². The summed E-state index contributed by atoms with van der Waals surface area (Å²) in [6.45, 7) is 1.89. The molecule has 2 N–H and O–H groups in total. The van der Waals surface area contributed by atoms with Gasteiger partial charge in [-0.1, -0.05) is 29.3 Å². The first-order valence-electron chi connectivity index (χ1n) is 8.60. The number of carbonyl (C=O) groups excluding carboxylic acids is 1. The Morgan fingerprint density at radius 2 is 1.57 bits per heavy atom. The normalized spacial score (nSPS) is 11.0. The number of hydrogen-bond donors (Lipinski definition) is 2. The monoisotopic (exact) mass is 445 g/mol. The number of carbonyl (C=O) groups is 1. The molecule has 3 rings (SSSR count). The summed E-state index contributed by atoms with van der Waals surface area (Å²) in [7, 11) is -3.80. The third-order valence-corrected chi connectivity index (χ3v) is 5.86. The molecule has 0 atom stereocenters. The minimum Gasteiger partial charge on any atom is -0.322 e. The fraction of sp³-hybridized carbons (Fsp3) is 0.0500. The molecule has 154 valence electrons. The van der Waals surface area contributed by atoms with Crippen molar-refractivity contribution in [3.8, 4) is 0 Å². The van der Waals surface area contributed by atoms with Crippen LogP contribution in [0.25, 0.3) is 0 Å². The average Bonchev–Trinajstić information content (AvgIpc) is 2.70. The van der Waals surface area contributed by atoms with Crippen LogP contribution in [0.1, 0.15) is 15.9 Å². The number of sulfonamides is 1. The number of aryl methyl sites for hydroxylation is 1. The quantitative estimate of drug-likeness (QED) is 0.424. The zero-order chi connectivity index (χ0) is 21.9. The van der Waals surface area contributed by atoms with Crippen LogP contribution in [0.5, 0.6) is 0 Å². The van der Waals surface area contributed by atoms with Gasteiger partial charge in [-0.15, -0.1) is 0 Å². The lowest BCUT2D eigenvalue weighted by Crippen LogP contribution is -2.14. The van der Waals surface area contributed by atoms with Crippen LogP contribution in [0.3, 0.4) is 0 Å². The van der Waals surface area contributed by atoms with Gasteiger partial charge in [0, 0.05) is 23.5 Å². The van der Waals surface area contributed by atoms with E-state index in [0.717, 1.165) is 11.6 Å². The van der Waals surface area contributed by atoms with Gasteiger partial charge in [0.15, 0.2) is 0 Å². The second kappa shape index (κ2) is 8.52. The number of non-ortho nitro benzene ring substituents is 1. The SMILES string of the molecule is Cc1ccc(NS(=O)(=O)c2ccc(NC(=O)c3cc([N+](=O)[O-])ccc3Cl)cc2)cc1. The lowest BCUT2D eigenvalue weighted by Gasteiger charge is -2.10. The van der Waals surface area contributed by atoms with E-state index < -0.39 is 20.9 Å². The third kappa shape index (κ3) is 4.94. The molecule has 0 aliphatic carbocycles. The summed E-state index contributed by atoms with van der Waals surface area (Å²) >= 11 is 5.96. The number of anilines is 2. The predicted octanol–water partition coefficient (Wildman–Crippen LogP) is 4.61. The van der Waals surface area contributed by atoms with Gasteiger partial charge in [-0.3, -0.25) is 19.6 Å². The van der Waals surface area contributed by atoms with Crippen LogP contribution in [0.4, 0.5) is 17.1 Å². The van der Waals surface area contributed by atoms with Gasteiger partial charge in [0.05, 0.1) is 20.4 Å². The highest BCUT2D eigenvalue weighted by molar-refractivity contribution is 7.92. The van der Waals surface area contributed by atoms with E-state index in [1.807, 2.05) is 6.92 Å². The summed E-state index contributed by atoms with van der Waals surface area (Å²) in [6.07, 6.45) is 0. The van der Waals surface area contributed by atoms with Gasteiger partial charge in [0.25, 0.3) is 21.6 Å². The predicted molar refractivity (Wildman–Crippen MR) is 114 cm³/mol. The lowest BCUT2D eigenvalue weighted by atomic mass is 10.2. The second-order valence-corrected chi connectivity index (χ2v) is 8.46. The van der Waals surface area contributed by atoms with Gasteiger partial charge in [0.2, 0.25) is 0 Å². The van der Waals surface area contributed by atoms with Gasteiger partial charge in [0.1, 0.15) is 0 Å². The van der Waals surface area contributed by atoms with Crippen LogP contribution >= 0.6 is 11.6 Å². The van der Waals surface area contributed by atoms with Crippen molar-refractivity contribution in [3.63, 3.8) is 0 Å². The fourth-order valence-corrected chi connectivity index (χ4v) is 3.81. The summed E-state index contributed by atoms with van der Waals surface area (Å²) in [5.41, 5.74) is 1.40. The number of hydrogen-bond acceptors (Lipinski definition) is 5. The van der Waals surface area contributed by atoms with Crippen LogP contribution in [0, 0.1) is 17.0 Å². The maximum Gasteiger partial charge on any atom is 0.270 e. The number of nitrogens with zero attached hydrogens (tertiary/aromatic N) is 1. The maximum absolute atomic E-state index is 12.5. The molecule has 3 aromatic rings. The van der Waals surface area contributed by atoms with E-state index >= 15 is 0 Å². The molecule has 0 unspecified atom stereocenters. The Labute approximate surface area is 177 Å². The number of nitro groups is 1. The molecule has 3 aromatic carbocycles. The molecule has 30 heavy (non-hydrogen) atoms. The van der Waals surface area contributed by atoms with Crippen molar-refractivity contribution in [3.05, 3.63) is 93.0 Å². The second-order valence-electron chi connectivity index (χ2n) is 6.37. The molecular formula is C20H16ClN3O5S. The molecule has 0 saturated carbocycles. The highest BCUT2D eigenvalue weighted by atomic mass is 35.5. The van der Waals surface area contributed by atoms with Crippen molar-refractivity contribution in [1.82, 2.24) is 0 Å². The van der Waals surface area contributed by atoms with Gasteiger partial charge < -0.3 is 5.32 Å². The molecule has 0 aromatic heterocycles. The molecule has 0 saturated heterocycles. The molecule has 1 amide bonds. The number of rotatable bonds is 6. The van der Waals surface area contributed by atoms with Crippen molar-refractivity contribution in [2.45, 2.75) is 11.8 Å². The van der Waals surface area contributed by atoms with E-state index in [1.54, 1.807) is 24.3 Å². The van der Waals surface area contributed by atoms with Gasteiger partial charge >= 0.3 is 0 Å². The van der Waals surface area contributed by atoms with E-state index in [2.05, 4.69) is 10.0 Å². The Bertz CT molecular complexity index is 1210. The maximum atomic E-state index is 12.5. The lowest BCUT2D eigenvalue weighted by molar-refractivity contribution is -0.384. The standard InChI is InChI=1S/C20H16ClN3O5S/c1-13-2-4-15(5-3-13)23-30(28,29)17-9-6-14(7-10-17)22-20(25)18-12-16(24(26)27)8-11-19(18)21/h2-12,23H,1H3,(H,22,25). The van der Waals surface area contributed by atoms with E-state index in [0.29, 0.717) is 11.4 Å². The first kappa shape index (κ1) is 21.3. The fourth-order valence-electron chi connectivity index (χ4n) is 2.55. The molecule has 0 heterocycles. The molecule has 10 heteroatoms. The molecule has 0 aliphatic heterocycles. The van der Waals surface area contributed by atoms with E-state index in [1.165, 1.54) is 36.4 Å². The number of nitrogens with one attached hydrogen (secondary N) is 2. The Balaban J connectivity index is 1.75.